The number of rotatable bonds is 4. The number of hydrogen-bond acceptors (Lipinski definition) is 4. The fraction of sp³-hybridized carbons (Fsp3) is 0.458. The quantitative estimate of drug-likeness (QED) is 0.784. The Morgan fingerprint density at radius 3 is 2.62 bits per heavy atom. The third-order valence-corrected chi connectivity index (χ3v) is 6.24. The van der Waals surface area contributed by atoms with Crippen molar-refractivity contribution in [1.29, 1.82) is 0 Å². The number of carbonyl (C=O) groups excluding carboxylic acids is 1. The molecule has 1 amide bonds. The van der Waals surface area contributed by atoms with Crippen LogP contribution in [0.4, 0.5) is 10.5 Å². The maximum absolute atomic E-state index is 12.7. The molecule has 1 aliphatic heterocycles. The van der Waals surface area contributed by atoms with Gasteiger partial charge in [-0.2, -0.15) is 0 Å². The number of anilines is 1. The van der Waals surface area contributed by atoms with E-state index in [2.05, 4.69) is 35.0 Å². The van der Waals surface area contributed by atoms with Crippen LogP contribution in [0.25, 0.3) is 0 Å². The van der Waals surface area contributed by atoms with Crippen molar-refractivity contribution in [2.45, 2.75) is 31.9 Å². The van der Waals surface area contributed by atoms with E-state index < -0.39 is 0 Å². The van der Waals surface area contributed by atoms with Gasteiger partial charge in [-0.25, -0.2) is 4.79 Å². The summed E-state index contributed by atoms with van der Waals surface area (Å²) in [7, 11) is 4.05. The average Bonchev–Trinajstić information content (AvgIpc) is 2.77. The molecule has 5 nitrogen and oxygen atoms in total. The van der Waals surface area contributed by atoms with Crippen molar-refractivity contribution < 1.29 is 9.53 Å². The highest BCUT2D eigenvalue weighted by Gasteiger charge is 2.28. The highest BCUT2D eigenvalue weighted by molar-refractivity contribution is 5.68. The molecular formula is C24H31N3O2. The molecule has 1 heterocycles. The van der Waals surface area contributed by atoms with E-state index in [1.807, 2.05) is 37.4 Å². The van der Waals surface area contributed by atoms with E-state index in [9.17, 15) is 4.79 Å². The first-order valence-electron chi connectivity index (χ1n) is 10.6. The second kappa shape index (κ2) is 8.87. The van der Waals surface area contributed by atoms with E-state index in [0.29, 0.717) is 6.61 Å². The van der Waals surface area contributed by atoms with Gasteiger partial charge in [0.25, 0.3) is 0 Å². The number of carbonyl (C=O) groups is 1. The van der Waals surface area contributed by atoms with E-state index in [0.717, 1.165) is 51.0 Å². The highest BCUT2D eigenvalue weighted by Crippen LogP contribution is 2.36. The number of nitrogens with zero attached hydrogens (tertiary/aromatic N) is 3. The van der Waals surface area contributed by atoms with Gasteiger partial charge in [-0.15, -0.1) is 0 Å². The lowest BCUT2D eigenvalue weighted by molar-refractivity contribution is 0.0876. The van der Waals surface area contributed by atoms with Gasteiger partial charge in [0.05, 0.1) is 6.04 Å². The summed E-state index contributed by atoms with van der Waals surface area (Å²) in [5, 5.41) is 0. The van der Waals surface area contributed by atoms with Gasteiger partial charge in [0.1, 0.15) is 6.61 Å². The van der Waals surface area contributed by atoms with Crippen LogP contribution < -0.4 is 4.90 Å². The third kappa shape index (κ3) is 4.56. The normalized spacial score (nSPS) is 19.5. The van der Waals surface area contributed by atoms with Crippen molar-refractivity contribution in [2.75, 3.05) is 45.2 Å². The van der Waals surface area contributed by atoms with Crippen molar-refractivity contribution in [2.24, 2.45) is 0 Å². The Kier molecular flexibility index (Phi) is 6.05. The minimum absolute atomic E-state index is 0.0782. The van der Waals surface area contributed by atoms with Crippen LogP contribution in [0.5, 0.6) is 0 Å². The fourth-order valence-electron chi connectivity index (χ4n) is 4.37. The van der Waals surface area contributed by atoms with Gasteiger partial charge in [0.15, 0.2) is 0 Å². The zero-order chi connectivity index (χ0) is 20.2. The van der Waals surface area contributed by atoms with Crippen molar-refractivity contribution in [1.82, 2.24) is 9.80 Å². The van der Waals surface area contributed by atoms with Crippen LogP contribution in [-0.4, -0.2) is 56.2 Å². The third-order valence-electron chi connectivity index (χ3n) is 6.24. The molecule has 1 aliphatic carbocycles. The summed E-state index contributed by atoms with van der Waals surface area (Å²) in [4.78, 5) is 19.3. The minimum Gasteiger partial charge on any atom is -0.445 e. The smallest absolute Gasteiger partial charge is 0.410 e. The molecule has 29 heavy (non-hydrogen) atoms. The number of hydrogen-bond donors (Lipinski definition) is 0. The molecule has 1 atom stereocenters. The molecule has 0 saturated carbocycles. The molecule has 5 heteroatoms. The summed E-state index contributed by atoms with van der Waals surface area (Å²) >= 11 is 0. The van der Waals surface area contributed by atoms with Crippen molar-refractivity contribution in [3.8, 4) is 0 Å². The summed E-state index contributed by atoms with van der Waals surface area (Å²) in [6.07, 6.45) is 2.91. The van der Waals surface area contributed by atoms with Crippen molar-refractivity contribution >= 4 is 11.8 Å². The zero-order valence-corrected chi connectivity index (χ0v) is 17.5. The van der Waals surface area contributed by atoms with Crippen LogP contribution in [0.3, 0.4) is 0 Å². The Bertz CT molecular complexity index is 831. The molecule has 0 radical (unpaired) electrons. The SMILES string of the molecule is CN1CCN(c2ccc3c(c2)C(N(C)C(=O)OCc2ccccc2)CCC3)CC1. The van der Waals surface area contributed by atoms with Crippen LogP contribution in [-0.2, 0) is 17.8 Å². The van der Waals surface area contributed by atoms with E-state index in [1.165, 1.54) is 16.8 Å². The molecule has 0 aromatic heterocycles. The lowest BCUT2D eigenvalue weighted by Crippen LogP contribution is -2.44. The summed E-state index contributed by atoms with van der Waals surface area (Å²) in [6.45, 7) is 4.59. The summed E-state index contributed by atoms with van der Waals surface area (Å²) in [5.41, 5.74) is 4.93. The number of aryl methyl sites for hydroxylation is 1. The zero-order valence-electron chi connectivity index (χ0n) is 17.5. The maximum atomic E-state index is 12.7. The van der Waals surface area contributed by atoms with Crippen LogP contribution in [0.1, 0.15) is 35.6 Å². The van der Waals surface area contributed by atoms with Crippen molar-refractivity contribution in [3.63, 3.8) is 0 Å². The Labute approximate surface area is 173 Å². The predicted molar refractivity (Wildman–Crippen MR) is 116 cm³/mol. The molecule has 0 spiro atoms. The lowest BCUT2D eigenvalue weighted by atomic mass is 9.86. The van der Waals surface area contributed by atoms with Crippen LogP contribution in [0.15, 0.2) is 48.5 Å². The van der Waals surface area contributed by atoms with Gasteiger partial charge < -0.3 is 19.4 Å². The Hall–Kier alpha value is -2.53. The van der Waals surface area contributed by atoms with E-state index >= 15 is 0 Å². The Morgan fingerprint density at radius 1 is 1.10 bits per heavy atom. The number of amides is 1. The standard InChI is InChI=1S/C24H31N3O2/c1-25-13-15-27(16-14-25)21-12-11-20-9-6-10-23(22(20)17-21)26(2)24(28)29-18-19-7-4-3-5-8-19/h3-5,7-8,11-12,17,23H,6,9-10,13-16,18H2,1-2H3. The Balaban J connectivity index is 1.47. The molecule has 2 aromatic rings. The van der Waals surface area contributed by atoms with Gasteiger partial charge in [-0.05, 0) is 55.1 Å². The predicted octanol–water partition coefficient (Wildman–Crippen LogP) is 4.08. The molecule has 154 valence electrons. The molecule has 1 unspecified atom stereocenters. The number of fused-ring (bicyclic) bond motifs is 1. The summed E-state index contributed by atoms with van der Waals surface area (Å²) in [6, 6.07) is 16.7. The number of ether oxygens (including phenoxy) is 1. The topological polar surface area (TPSA) is 36.0 Å². The number of piperazine rings is 1. The van der Waals surface area contributed by atoms with E-state index in [4.69, 9.17) is 4.74 Å². The van der Waals surface area contributed by atoms with Crippen molar-refractivity contribution in [3.05, 3.63) is 65.2 Å². The van der Waals surface area contributed by atoms with Gasteiger partial charge in [-0.1, -0.05) is 36.4 Å². The molecule has 2 aromatic carbocycles. The lowest BCUT2D eigenvalue weighted by Gasteiger charge is -2.36. The average molecular weight is 394 g/mol. The summed E-state index contributed by atoms with van der Waals surface area (Å²) in [5.74, 6) is 0. The second-order valence-corrected chi connectivity index (χ2v) is 8.23. The second-order valence-electron chi connectivity index (χ2n) is 8.23. The van der Waals surface area contributed by atoms with Gasteiger partial charge >= 0.3 is 6.09 Å². The highest BCUT2D eigenvalue weighted by atomic mass is 16.6. The first kappa shape index (κ1) is 19.8. The molecule has 1 fully saturated rings. The first-order chi connectivity index (χ1) is 14.1. The molecule has 0 bridgehead atoms. The molecule has 4 rings (SSSR count). The monoisotopic (exact) mass is 393 g/mol. The first-order valence-corrected chi connectivity index (χ1v) is 10.6. The maximum Gasteiger partial charge on any atom is 0.410 e. The number of likely N-dealkylation sites (N-methyl/N-ethyl adjacent to an activating group) is 1. The number of benzene rings is 2. The van der Waals surface area contributed by atoms with E-state index in [-0.39, 0.29) is 12.1 Å². The Morgan fingerprint density at radius 2 is 1.86 bits per heavy atom. The van der Waals surface area contributed by atoms with Gasteiger partial charge in [0, 0.05) is 38.9 Å². The molecule has 1 saturated heterocycles. The summed E-state index contributed by atoms with van der Waals surface area (Å²) < 4.78 is 5.59. The fourth-order valence-corrected chi connectivity index (χ4v) is 4.37. The van der Waals surface area contributed by atoms with Crippen LogP contribution >= 0.6 is 0 Å². The van der Waals surface area contributed by atoms with Crippen LogP contribution in [0.2, 0.25) is 0 Å². The largest absolute Gasteiger partial charge is 0.445 e. The van der Waals surface area contributed by atoms with Gasteiger partial charge in [0.2, 0.25) is 0 Å². The minimum atomic E-state index is -0.253. The van der Waals surface area contributed by atoms with E-state index in [1.54, 1.807) is 4.90 Å². The molecule has 0 N–H and O–H groups in total. The molecular weight excluding hydrogens is 362 g/mol. The van der Waals surface area contributed by atoms with Crippen LogP contribution in [0, 0.1) is 0 Å². The molecule has 2 aliphatic rings. The van der Waals surface area contributed by atoms with Gasteiger partial charge in [-0.3, -0.25) is 0 Å².